The van der Waals surface area contributed by atoms with Gasteiger partial charge in [0.05, 0.1) is 16.8 Å². The predicted molar refractivity (Wildman–Crippen MR) is 123 cm³/mol. The van der Waals surface area contributed by atoms with Crippen LogP contribution in [0.2, 0.25) is 0 Å². The third-order valence-electron chi connectivity index (χ3n) is 6.70. The Balaban J connectivity index is 1.49. The first-order valence-corrected chi connectivity index (χ1v) is 11.2. The van der Waals surface area contributed by atoms with E-state index in [4.69, 9.17) is 4.74 Å². The first kappa shape index (κ1) is 20.3. The van der Waals surface area contributed by atoms with E-state index in [9.17, 15) is 14.9 Å². The fourth-order valence-corrected chi connectivity index (χ4v) is 4.51. The third kappa shape index (κ3) is 3.64. The molecule has 2 aromatic carbocycles. The zero-order valence-electron chi connectivity index (χ0n) is 18.0. The number of hydrogen-bond donors (Lipinski definition) is 1. The molecular weight excluding hydrogens is 402 g/mol. The van der Waals surface area contributed by atoms with Crippen LogP contribution in [0.5, 0.6) is 0 Å². The molecule has 0 saturated heterocycles. The fourth-order valence-electron chi connectivity index (χ4n) is 4.51. The van der Waals surface area contributed by atoms with E-state index in [0.717, 1.165) is 60.6 Å². The molecule has 1 aromatic heterocycles. The molecule has 0 radical (unpaired) electrons. The Bertz CT molecular complexity index is 1230. The van der Waals surface area contributed by atoms with Gasteiger partial charge in [0.1, 0.15) is 18.5 Å². The van der Waals surface area contributed by atoms with Gasteiger partial charge < -0.3 is 9.30 Å². The highest BCUT2D eigenvalue weighted by molar-refractivity contribution is 5.97. The summed E-state index contributed by atoms with van der Waals surface area (Å²) in [5.74, 6) is 0.487. The molecular formula is C26H25N3O3. The van der Waals surface area contributed by atoms with Crippen molar-refractivity contribution in [3.05, 3.63) is 53.6 Å². The normalized spacial score (nSPS) is 16.8. The summed E-state index contributed by atoms with van der Waals surface area (Å²) in [6.07, 6.45) is 5.83. The standard InChI is InChI=1S/C26H25N3O3/c1-16(18-6-7-18)32-26(31)28-20-10-8-19(9-11-20)25-23(14-27)22-12-5-17(15-30)13-24(22)29(25)21-3-2-4-21/h5,8-13,15-16,18,21H,2-4,6-7H2,1H3,(H,28,31)/t16-/m1/s1. The van der Waals surface area contributed by atoms with Crippen molar-refractivity contribution >= 4 is 29.0 Å². The van der Waals surface area contributed by atoms with E-state index in [1.165, 1.54) is 0 Å². The van der Waals surface area contributed by atoms with Gasteiger partial charge in [-0.2, -0.15) is 5.26 Å². The number of carbonyl (C=O) groups is 2. The number of anilines is 1. The van der Waals surface area contributed by atoms with Crippen LogP contribution in [0.1, 0.15) is 61.0 Å². The molecule has 1 N–H and O–H groups in total. The number of fused-ring (bicyclic) bond motifs is 1. The summed E-state index contributed by atoms with van der Waals surface area (Å²) in [5.41, 5.74) is 4.56. The maximum absolute atomic E-state index is 12.2. The molecule has 1 heterocycles. The van der Waals surface area contributed by atoms with Crippen LogP contribution in [0.4, 0.5) is 10.5 Å². The number of hydrogen-bond acceptors (Lipinski definition) is 4. The monoisotopic (exact) mass is 427 g/mol. The van der Waals surface area contributed by atoms with Crippen molar-refractivity contribution in [1.82, 2.24) is 4.57 Å². The van der Waals surface area contributed by atoms with Crippen molar-refractivity contribution in [2.24, 2.45) is 5.92 Å². The molecule has 0 bridgehead atoms. The van der Waals surface area contributed by atoms with E-state index in [1.807, 2.05) is 43.3 Å². The van der Waals surface area contributed by atoms with Gasteiger partial charge in [-0.1, -0.05) is 24.3 Å². The van der Waals surface area contributed by atoms with Gasteiger partial charge in [0.2, 0.25) is 0 Å². The van der Waals surface area contributed by atoms with Gasteiger partial charge in [-0.25, -0.2) is 4.79 Å². The zero-order valence-corrected chi connectivity index (χ0v) is 18.0. The van der Waals surface area contributed by atoms with Crippen LogP contribution in [-0.4, -0.2) is 23.1 Å². The first-order chi connectivity index (χ1) is 15.6. The van der Waals surface area contributed by atoms with Gasteiger partial charge in [-0.15, -0.1) is 0 Å². The predicted octanol–water partition coefficient (Wildman–Crippen LogP) is 6.06. The van der Waals surface area contributed by atoms with E-state index in [-0.39, 0.29) is 6.10 Å². The molecule has 2 saturated carbocycles. The van der Waals surface area contributed by atoms with Crippen LogP contribution in [0.25, 0.3) is 22.2 Å². The molecule has 1 amide bonds. The quantitative estimate of drug-likeness (QED) is 0.484. The molecule has 3 aromatic rings. The van der Waals surface area contributed by atoms with E-state index in [1.54, 1.807) is 6.07 Å². The average molecular weight is 428 g/mol. The minimum absolute atomic E-state index is 0.0677. The largest absolute Gasteiger partial charge is 0.446 e. The number of nitriles is 1. The van der Waals surface area contributed by atoms with E-state index in [0.29, 0.717) is 28.8 Å². The topological polar surface area (TPSA) is 84.1 Å². The number of carbonyl (C=O) groups excluding carboxylic acids is 2. The van der Waals surface area contributed by atoms with Gasteiger partial charge in [0.25, 0.3) is 0 Å². The average Bonchev–Trinajstić information content (AvgIpc) is 3.57. The van der Waals surface area contributed by atoms with Crippen molar-refractivity contribution in [2.75, 3.05) is 5.32 Å². The number of ether oxygens (including phenoxy) is 1. The first-order valence-electron chi connectivity index (χ1n) is 11.2. The number of amides is 1. The molecule has 0 aliphatic heterocycles. The van der Waals surface area contributed by atoms with E-state index in [2.05, 4.69) is 16.0 Å². The lowest BCUT2D eigenvalue weighted by Crippen LogP contribution is -2.21. The molecule has 0 spiro atoms. The summed E-state index contributed by atoms with van der Waals surface area (Å²) < 4.78 is 7.66. The van der Waals surface area contributed by atoms with Crippen LogP contribution >= 0.6 is 0 Å². The van der Waals surface area contributed by atoms with Crippen molar-refractivity contribution in [3.8, 4) is 17.3 Å². The van der Waals surface area contributed by atoms with Crippen molar-refractivity contribution in [3.63, 3.8) is 0 Å². The number of aromatic nitrogens is 1. The fraction of sp³-hybridized carbons (Fsp3) is 0.346. The smallest absolute Gasteiger partial charge is 0.411 e. The number of nitrogens with zero attached hydrogens (tertiary/aromatic N) is 2. The highest BCUT2D eigenvalue weighted by atomic mass is 16.6. The second-order valence-electron chi connectivity index (χ2n) is 8.83. The van der Waals surface area contributed by atoms with Crippen LogP contribution in [0.15, 0.2) is 42.5 Å². The highest BCUT2D eigenvalue weighted by Gasteiger charge is 2.31. The number of rotatable bonds is 6. The SMILES string of the molecule is C[C@@H](OC(=O)Nc1ccc(-c2c(C#N)c3ccc(C=O)cc3n2C2CCC2)cc1)C1CC1. The Labute approximate surface area is 186 Å². The molecule has 6 heteroatoms. The zero-order chi connectivity index (χ0) is 22.2. The Morgan fingerprint density at radius 2 is 1.94 bits per heavy atom. The minimum atomic E-state index is -0.445. The van der Waals surface area contributed by atoms with E-state index < -0.39 is 6.09 Å². The summed E-state index contributed by atoms with van der Waals surface area (Å²) in [5, 5.41) is 13.6. The Hall–Kier alpha value is -3.59. The number of benzene rings is 2. The second kappa shape index (κ2) is 8.16. The molecule has 2 aliphatic rings. The van der Waals surface area contributed by atoms with Crippen LogP contribution in [0, 0.1) is 17.2 Å². The van der Waals surface area contributed by atoms with E-state index >= 15 is 0 Å². The number of nitrogens with one attached hydrogen (secondary N) is 1. The Kier molecular flexibility index (Phi) is 5.18. The number of aldehydes is 1. The van der Waals surface area contributed by atoms with Gasteiger partial charge in [0.15, 0.2) is 0 Å². The van der Waals surface area contributed by atoms with Crippen LogP contribution in [-0.2, 0) is 4.74 Å². The lowest BCUT2D eigenvalue weighted by Gasteiger charge is -2.30. The summed E-state index contributed by atoms with van der Waals surface area (Å²) >= 11 is 0. The van der Waals surface area contributed by atoms with Gasteiger partial charge in [-0.05, 0) is 68.7 Å². The second-order valence-corrected chi connectivity index (χ2v) is 8.83. The summed E-state index contributed by atoms with van der Waals surface area (Å²) in [6, 6.07) is 15.7. The molecule has 32 heavy (non-hydrogen) atoms. The lowest BCUT2D eigenvalue weighted by molar-refractivity contribution is 0.108. The lowest BCUT2D eigenvalue weighted by atomic mass is 9.92. The van der Waals surface area contributed by atoms with Crippen molar-refractivity contribution in [1.29, 1.82) is 5.26 Å². The molecule has 2 aliphatic carbocycles. The van der Waals surface area contributed by atoms with Crippen LogP contribution < -0.4 is 5.32 Å². The van der Waals surface area contributed by atoms with Gasteiger partial charge >= 0.3 is 6.09 Å². The molecule has 162 valence electrons. The van der Waals surface area contributed by atoms with Gasteiger partial charge in [-0.3, -0.25) is 10.1 Å². The maximum Gasteiger partial charge on any atom is 0.411 e. The summed E-state index contributed by atoms with van der Waals surface area (Å²) in [6.45, 7) is 1.93. The summed E-state index contributed by atoms with van der Waals surface area (Å²) in [7, 11) is 0. The minimum Gasteiger partial charge on any atom is -0.446 e. The van der Waals surface area contributed by atoms with Crippen LogP contribution in [0.3, 0.4) is 0 Å². The van der Waals surface area contributed by atoms with Crippen molar-refractivity contribution < 1.29 is 14.3 Å². The van der Waals surface area contributed by atoms with Crippen molar-refractivity contribution in [2.45, 2.75) is 51.2 Å². The molecule has 0 unspecified atom stereocenters. The Morgan fingerprint density at radius 3 is 2.53 bits per heavy atom. The third-order valence-corrected chi connectivity index (χ3v) is 6.70. The molecule has 1 atom stereocenters. The highest BCUT2D eigenvalue weighted by Crippen LogP contribution is 2.42. The molecule has 6 nitrogen and oxygen atoms in total. The summed E-state index contributed by atoms with van der Waals surface area (Å²) in [4.78, 5) is 23.5. The Morgan fingerprint density at radius 1 is 1.19 bits per heavy atom. The maximum atomic E-state index is 12.2. The van der Waals surface area contributed by atoms with Gasteiger partial charge in [0, 0.05) is 22.7 Å². The molecule has 2 fully saturated rings. The molecule has 5 rings (SSSR count).